The summed E-state index contributed by atoms with van der Waals surface area (Å²) >= 11 is 7.41. The second-order valence-electron chi connectivity index (χ2n) is 4.64. The number of amides is 1. The minimum Gasteiger partial charge on any atom is -0.320 e. The Morgan fingerprint density at radius 2 is 1.57 bits per heavy atom. The quantitative estimate of drug-likeness (QED) is 0.758. The summed E-state index contributed by atoms with van der Waals surface area (Å²) in [5.41, 5.74) is 1.67. The SMILES string of the molecule is O=C(Nc1ccccc1)c1nnc(/C(Cl)=C\c2ccccc2)s1. The summed E-state index contributed by atoms with van der Waals surface area (Å²) in [5, 5.41) is 11.9. The third-order valence-corrected chi connectivity index (χ3v) is 4.30. The molecule has 0 radical (unpaired) electrons. The molecule has 114 valence electrons. The number of anilines is 1. The Balaban J connectivity index is 1.75. The molecule has 0 saturated heterocycles. The monoisotopic (exact) mass is 341 g/mol. The van der Waals surface area contributed by atoms with Crippen LogP contribution in [-0.2, 0) is 0 Å². The van der Waals surface area contributed by atoms with Gasteiger partial charge in [0.15, 0.2) is 5.01 Å². The van der Waals surface area contributed by atoms with Crippen LogP contribution in [0.25, 0.3) is 11.1 Å². The first kappa shape index (κ1) is 15.4. The van der Waals surface area contributed by atoms with E-state index in [-0.39, 0.29) is 10.9 Å². The number of rotatable bonds is 4. The lowest BCUT2D eigenvalue weighted by Gasteiger charge is -2.00. The Hall–Kier alpha value is -2.50. The van der Waals surface area contributed by atoms with Crippen LogP contribution in [-0.4, -0.2) is 16.1 Å². The Labute approximate surface area is 142 Å². The van der Waals surface area contributed by atoms with Gasteiger partial charge < -0.3 is 5.32 Å². The second-order valence-corrected chi connectivity index (χ2v) is 6.02. The molecule has 23 heavy (non-hydrogen) atoms. The maximum Gasteiger partial charge on any atom is 0.286 e. The summed E-state index contributed by atoms with van der Waals surface area (Å²) in [6.45, 7) is 0. The van der Waals surface area contributed by atoms with Crippen molar-refractivity contribution in [1.82, 2.24) is 10.2 Å². The predicted molar refractivity (Wildman–Crippen MR) is 94.5 cm³/mol. The van der Waals surface area contributed by atoms with Crippen LogP contribution in [0.1, 0.15) is 20.4 Å². The smallest absolute Gasteiger partial charge is 0.286 e. The Morgan fingerprint density at radius 1 is 0.957 bits per heavy atom. The van der Waals surface area contributed by atoms with Crippen molar-refractivity contribution in [3.05, 3.63) is 76.2 Å². The highest BCUT2D eigenvalue weighted by Gasteiger charge is 2.14. The second kappa shape index (κ2) is 7.17. The number of carbonyl (C=O) groups excluding carboxylic acids is 1. The van der Waals surface area contributed by atoms with Crippen LogP contribution in [0.3, 0.4) is 0 Å². The van der Waals surface area contributed by atoms with E-state index in [1.54, 1.807) is 6.08 Å². The van der Waals surface area contributed by atoms with Gasteiger partial charge in [-0.3, -0.25) is 4.79 Å². The summed E-state index contributed by atoms with van der Waals surface area (Å²) in [4.78, 5) is 12.1. The third kappa shape index (κ3) is 4.03. The van der Waals surface area contributed by atoms with Crippen molar-refractivity contribution in [1.29, 1.82) is 0 Å². The van der Waals surface area contributed by atoms with E-state index in [0.717, 1.165) is 16.9 Å². The zero-order valence-electron chi connectivity index (χ0n) is 11.9. The number of halogens is 1. The van der Waals surface area contributed by atoms with Crippen LogP contribution in [0.2, 0.25) is 0 Å². The molecule has 0 fully saturated rings. The fourth-order valence-corrected chi connectivity index (χ4v) is 2.80. The Morgan fingerprint density at radius 3 is 2.26 bits per heavy atom. The van der Waals surface area contributed by atoms with Crippen molar-refractivity contribution in [2.24, 2.45) is 0 Å². The van der Waals surface area contributed by atoms with Crippen molar-refractivity contribution >= 4 is 45.6 Å². The molecular formula is C17H12ClN3OS. The molecule has 1 N–H and O–H groups in total. The average molecular weight is 342 g/mol. The van der Waals surface area contributed by atoms with E-state index in [4.69, 9.17) is 11.6 Å². The highest BCUT2D eigenvalue weighted by Crippen LogP contribution is 2.25. The normalized spacial score (nSPS) is 11.3. The predicted octanol–water partition coefficient (Wildman–Crippen LogP) is 4.53. The van der Waals surface area contributed by atoms with Crippen molar-refractivity contribution in [3.8, 4) is 0 Å². The van der Waals surface area contributed by atoms with E-state index >= 15 is 0 Å². The van der Waals surface area contributed by atoms with Crippen LogP contribution in [0.4, 0.5) is 5.69 Å². The number of aromatic nitrogens is 2. The molecule has 0 aliphatic heterocycles. The fourth-order valence-electron chi connectivity index (χ4n) is 1.87. The molecule has 0 unspecified atom stereocenters. The summed E-state index contributed by atoms with van der Waals surface area (Å²) in [6, 6.07) is 18.9. The van der Waals surface area contributed by atoms with Crippen molar-refractivity contribution in [2.75, 3.05) is 5.32 Å². The number of hydrogen-bond acceptors (Lipinski definition) is 4. The van der Waals surface area contributed by atoms with Crippen LogP contribution >= 0.6 is 22.9 Å². The van der Waals surface area contributed by atoms with E-state index in [1.807, 2.05) is 60.7 Å². The van der Waals surface area contributed by atoms with Crippen molar-refractivity contribution in [3.63, 3.8) is 0 Å². The van der Waals surface area contributed by atoms with Gasteiger partial charge in [-0.25, -0.2) is 0 Å². The van der Waals surface area contributed by atoms with Gasteiger partial charge in [-0.05, 0) is 23.8 Å². The number of benzene rings is 2. The highest BCUT2D eigenvalue weighted by molar-refractivity contribution is 7.15. The lowest BCUT2D eigenvalue weighted by Crippen LogP contribution is -2.11. The molecule has 0 bridgehead atoms. The van der Waals surface area contributed by atoms with E-state index in [1.165, 1.54) is 0 Å². The minimum absolute atomic E-state index is 0.267. The first-order valence-electron chi connectivity index (χ1n) is 6.85. The van der Waals surface area contributed by atoms with Crippen LogP contribution < -0.4 is 5.32 Å². The van der Waals surface area contributed by atoms with Gasteiger partial charge in [0.2, 0.25) is 5.01 Å². The highest BCUT2D eigenvalue weighted by atomic mass is 35.5. The maximum absolute atomic E-state index is 12.1. The molecule has 1 aromatic heterocycles. The van der Waals surface area contributed by atoms with E-state index < -0.39 is 0 Å². The van der Waals surface area contributed by atoms with Gasteiger partial charge in [-0.2, -0.15) is 0 Å². The minimum atomic E-state index is -0.302. The van der Waals surface area contributed by atoms with Crippen LogP contribution in [0.15, 0.2) is 60.7 Å². The lowest BCUT2D eigenvalue weighted by atomic mass is 10.2. The van der Waals surface area contributed by atoms with Gasteiger partial charge in [-0.1, -0.05) is 71.5 Å². The van der Waals surface area contributed by atoms with E-state index in [0.29, 0.717) is 15.7 Å². The van der Waals surface area contributed by atoms with Gasteiger partial charge in [-0.15, -0.1) is 10.2 Å². The molecule has 3 aromatic rings. The molecule has 0 aliphatic rings. The van der Waals surface area contributed by atoms with Crippen LogP contribution in [0, 0.1) is 0 Å². The molecular weight excluding hydrogens is 330 g/mol. The molecule has 0 saturated carbocycles. The van der Waals surface area contributed by atoms with Gasteiger partial charge in [0.25, 0.3) is 5.91 Å². The largest absolute Gasteiger partial charge is 0.320 e. The Bertz CT molecular complexity index is 831. The molecule has 4 nitrogen and oxygen atoms in total. The number of carbonyl (C=O) groups is 1. The van der Waals surface area contributed by atoms with E-state index in [2.05, 4.69) is 15.5 Å². The fraction of sp³-hybridized carbons (Fsp3) is 0. The molecule has 0 spiro atoms. The maximum atomic E-state index is 12.1. The molecule has 0 atom stereocenters. The number of nitrogens with zero attached hydrogens (tertiary/aromatic N) is 2. The average Bonchev–Trinajstić information content (AvgIpc) is 3.07. The first-order chi connectivity index (χ1) is 11.2. The van der Waals surface area contributed by atoms with Gasteiger partial charge in [0, 0.05) is 5.69 Å². The number of nitrogens with one attached hydrogen (secondary N) is 1. The zero-order chi connectivity index (χ0) is 16.1. The van der Waals surface area contributed by atoms with Gasteiger partial charge in [0.05, 0.1) is 5.03 Å². The lowest BCUT2D eigenvalue weighted by molar-refractivity contribution is 0.102. The topological polar surface area (TPSA) is 54.9 Å². The first-order valence-corrected chi connectivity index (χ1v) is 8.04. The summed E-state index contributed by atoms with van der Waals surface area (Å²) < 4.78 is 0. The third-order valence-electron chi connectivity index (χ3n) is 2.95. The number of para-hydroxylation sites is 1. The standard InChI is InChI=1S/C17H12ClN3OS/c18-14(11-12-7-3-1-4-8-12)16-20-21-17(23-16)15(22)19-13-9-5-2-6-10-13/h1-11H,(H,19,22)/b14-11+. The Kier molecular flexibility index (Phi) is 4.80. The molecule has 1 amide bonds. The molecule has 1 heterocycles. The van der Waals surface area contributed by atoms with Gasteiger partial charge >= 0.3 is 0 Å². The van der Waals surface area contributed by atoms with E-state index in [9.17, 15) is 4.79 Å². The zero-order valence-corrected chi connectivity index (χ0v) is 13.5. The van der Waals surface area contributed by atoms with Gasteiger partial charge in [0.1, 0.15) is 0 Å². The van der Waals surface area contributed by atoms with Crippen LogP contribution in [0.5, 0.6) is 0 Å². The summed E-state index contributed by atoms with van der Waals surface area (Å²) in [5.74, 6) is -0.302. The molecule has 6 heteroatoms. The summed E-state index contributed by atoms with van der Waals surface area (Å²) in [6.07, 6.45) is 1.79. The summed E-state index contributed by atoms with van der Waals surface area (Å²) in [7, 11) is 0. The molecule has 0 aliphatic carbocycles. The number of hydrogen-bond donors (Lipinski definition) is 1. The van der Waals surface area contributed by atoms with Crippen molar-refractivity contribution in [2.45, 2.75) is 0 Å². The molecule has 3 rings (SSSR count). The molecule has 2 aromatic carbocycles. The van der Waals surface area contributed by atoms with Crippen molar-refractivity contribution < 1.29 is 4.79 Å².